The Kier molecular flexibility index (Phi) is 4.60. The number of amides is 1. The summed E-state index contributed by atoms with van der Waals surface area (Å²) >= 11 is 0. The van der Waals surface area contributed by atoms with Crippen LogP contribution in [0.25, 0.3) is 0 Å². The van der Waals surface area contributed by atoms with Crippen molar-refractivity contribution < 1.29 is 9.90 Å². The van der Waals surface area contributed by atoms with Crippen molar-refractivity contribution in [3.05, 3.63) is 59.2 Å². The van der Waals surface area contributed by atoms with Crippen molar-refractivity contribution in [1.82, 2.24) is 5.32 Å². The summed E-state index contributed by atoms with van der Waals surface area (Å²) < 4.78 is 0. The molecule has 2 aromatic carbocycles. The van der Waals surface area contributed by atoms with Crippen LogP contribution in [0.5, 0.6) is 5.75 Å². The molecule has 0 saturated heterocycles. The second-order valence-corrected chi connectivity index (χ2v) is 5.06. The third-order valence-corrected chi connectivity index (χ3v) is 3.58. The Bertz CT molecular complexity index is 636. The van der Waals surface area contributed by atoms with E-state index in [0.717, 1.165) is 5.56 Å². The second kappa shape index (κ2) is 6.41. The summed E-state index contributed by atoms with van der Waals surface area (Å²) in [6.45, 7) is 3.83. The molecular weight excluding hydrogens is 264 g/mol. The van der Waals surface area contributed by atoms with Gasteiger partial charge in [-0.1, -0.05) is 24.3 Å². The van der Waals surface area contributed by atoms with Crippen LogP contribution in [-0.2, 0) is 0 Å². The van der Waals surface area contributed by atoms with Gasteiger partial charge in [-0.25, -0.2) is 0 Å². The molecule has 0 radical (unpaired) electrons. The quantitative estimate of drug-likeness (QED) is 0.807. The molecule has 3 N–H and O–H groups in total. The molecule has 0 saturated carbocycles. The summed E-state index contributed by atoms with van der Waals surface area (Å²) in [4.78, 5) is 12.2. The van der Waals surface area contributed by atoms with Crippen LogP contribution in [0.2, 0.25) is 0 Å². The summed E-state index contributed by atoms with van der Waals surface area (Å²) in [5, 5.41) is 15.9. The number of hydrogen-bond donors (Lipinski definition) is 3. The van der Waals surface area contributed by atoms with Crippen LogP contribution in [0.4, 0.5) is 5.69 Å². The predicted molar refractivity (Wildman–Crippen MR) is 84.7 cm³/mol. The Hall–Kier alpha value is -2.33. The number of aromatic hydroxyl groups is 1. The van der Waals surface area contributed by atoms with E-state index >= 15 is 0 Å². The molecule has 0 spiro atoms. The summed E-state index contributed by atoms with van der Waals surface area (Å²) in [6.07, 6.45) is 0. The van der Waals surface area contributed by atoms with Gasteiger partial charge in [0.2, 0.25) is 0 Å². The number of phenols is 1. The van der Waals surface area contributed by atoms with Crippen LogP contribution in [0.1, 0.15) is 34.5 Å². The lowest BCUT2D eigenvalue weighted by Crippen LogP contribution is -2.14. The van der Waals surface area contributed by atoms with E-state index in [4.69, 9.17) is 0 Å². The van der Waals surface area contributed by atoms with Gasteiger partial charge in [-0.2, -0.15) is 0 Å². The molecule has 1 unspecified atom stereocenters. The molecular formula is C17H20N2O2. The Morgan fingerprint density at radius 2 is 1.81 bits per heavy atom. The number of carbonyl (C=O) groups excluding carboxylic acids is 1. The SMILES string of the molecule is CNC(C)c1ccc(NC(=O)c2cccc(C)c2O)cc1. The van der Waals surface area contributed by atoms with Gasteiger partial charge in [0.1, 0.15) is 5.75 Å². The highest BCUT2D eigenvalue weighted by Gasteiger charge is 2.12. The van der Waals surface area contributed by atoms with Crippen LogP contribution >= 0.6 is 0 Å². The molecule has 0 aliphatic carbocycles. The molecule has 4 heteroatoms. The first-order chi connectivity index (χ1) is 10.0. The molecule has 1 atom stereocenters. The van der Waals surface area contributed by atoms with E-state index in [0.29, 0.717) is 11.3 Å². The van der Waals surface area contributed by atoms with E-state index in [-0.39, 0.29) is 23.3 Å². The van der Waals surface area contributed by atoms with E-state index in [1.807, 2.05) is 31.3 Å². The van der Waals surface area contributed by atoms with Crippen LogP contribution in [0.3, 0.4) is 0 Å². The Labute approximate surface area is 124 Å². The third-order valence-electron chi connectivity index (χ3n) is 3.58. The summed E-state index contributed by atoms with van der Waals surface area (Å²) in [5.41, 5.74) is 2.81. The maximum absolute atomic E-state index is 12.2. The summed E-state index contributed by atoms with van der Waals surface area (Å²) in [7, 11) is 1.90. The average molecular weight is 284 g/mol. The van der Waals surface area contributed by atoms with E-state index in [1.54, 1.807) is 25.1 Å². The van der Waals surface area contributed by atoms with Crippen LogP contribution in [0, 0.1) is 6.92 Å². The maximum Gasteiger partial charge on any atom is 0.259 e. The van der Waals surface area contributed by atoms with Crippen molar-refractivity contribution in [2.75, 3.05) is 12.4 Å². The predicted octanol–water partition coefficient (Wildman–Crippen LogP) is 3.23. The van der Waals surface area contributed by atoms with Gasteiger partial charge >= 0.3 is 0 Å². The van der Waals surface area contributed by atoms with Crippen molar-refractivity contribution in [3.8, 4) is 5.75 Å². The van der Waals surface area contributed by atoms with Gasteiger partial charge < -0.3 is 15.7 Å². The number of anilines is 1. The Morgan fingerprint density at radius 3 is 2.43 bits per heavy atom. The molecule has 0 aliphatic heterocycles. The van der Waals surface area contributed by atoms with E-state index in [1.165, 1.54) is 0 Å². The zero-order valence-electron chi connectivity index (χ0n) is 12.5. The number of hydrogen-bond acceptors (Lipinski definition) is 3. The first-order valence-corrected chi connectivity index (χ1v) is 6.90. The first-order valence-electron chi connectivity index (χ1n) is 6.90. The van der Waals surface area contributed by atoms with Gasteiger partial charge in [0.25, 0.3) is 5.91 Å². The van der Waals surface area contributed by atoms with Gasteiger partial charge in [0.05, 0.1) is 5.56 Å². The normalized spacial score (nSPS) is 12.0. The Morgan fingerprint density at radius 1 is 1.14 bits per heavy atom. The summed E-state index contributed by atoms with van der Waals surface area (Å²) in [5.74, 6) is -0.291. The zero-order chi connectivity index (χ0) is 15.4. The second-order valence-electron chi connectivity index (χ2n) is 5.06. The molecule has 0 heterocycles. The number of aryl methyl sites for hydroxylation is 1. The third kappa shape index (κ3) is 3.41. The van der Waals surface area contributed by atoms with E-state index in [2.05, 4.69) is 17.6 Å². The lowest BCUT2D eigenvalue weighted by Gasteiger charge is -2.12. The molecule has 110 valence electrons. The number of phenolic OH excluding ortho intramolecular Hbond substituents is 1. The van der Waals surface area contributed by atoms with Gasteiger partial charge in [-0.05, 0) is 50.2 Å². The van der Waals surface area contributed by atoms with Gasteiger partial charge in [-0.15, -0.1) is 0 Å². The molecule has 0 fully saturated rings. The molecule has 2 aromatic rings. The largest absolute Gasteiger partial charge is 0.507 e. The van der Waals surface area contributed by atoms with Crippen LogP contribution < -0.4 is 10.6 Å². The van der Waals surface area contributed by atoms with Crippen molar-refractivity contribution in [2.24, 2.45) is 0 Å². The highest BCUT2D eigenvalue weighted by Crippen LogP contribution is 2.23. The minimum atomic E-state index is -0.314. The zero-order valence-corrected chi connectivity index (χ0v) is 12.5. The fourth-order valence-electron chi connectivity index (χ4n) is 2.06. The Balaban J connectivity index is 2.14. The maximum atomic E-state index is 12.2. The highest BCUT2D eigenvalue weighted by molar-refractivity contribution is 6.06. The van der Waals surface area contributed by atoms with Gasteiger partial charge in [-0.3, -0.25) is 4.79 Å². The van der Waals surface area contributed by atoms with Crippen LogP contribution in [-0.4, -0.2) is 18.1 Å². The van der Waals surface area contributed by atoms with Crippen molar-refractivity contribution >= 4 is 11.6 Å². The molecule has 0 aromatic heterocycles. The molecule has 2 rings (SSSR count). The summed E-state index contributed by atoms with van der Waals surface area (Å²) in [6, 6.07) is 13.0. The average Bonchev–Trinajstić information content (AvgIpc) is 2.50. The topological polar surface area (TPSA) is 61.4 Å². The minimum absolute atomic E-state index is 0.0235. The molecule has 4 nitrogen and oxygen atoms in total. The number of para-hydroxylation sites is 1. The fraction of sp³-hybridized carbons (Fsp3) is 0.235. The molecule has 1 amide bonds. The van der Waals surface area contributed by atoms with Gasteiger partial charge in [0, 0.05) is 11.7 Å². The number of nitrogens with one attached hydrogen (secondary N) is 2. The lowest BCUT2D eigenvalue weighted by molar-refractivity contribution is 0.102. The monoisotopic (exact) mass is 284 g/mol. The number of rotatable bonds is 4. The van der Waals surface area contributed by atoms with E-state index < -0.39 is 0 Å². The van der Waals surface area contributed by atoms with Crippen molar-refractivity contribution in [3.63, 3.8) is 0 Å². The lowest BCUT2D eigenvalue weighted by atomic mass is 10.1. The van der Waals surface area contributed by atoms with Crippen molar-refractivity contribution in [1.29, 1.82) is 0 Å². The van der Waals surface area contributed by atoms with E-state index in [9.17, 15) is 9.90 Å². The van der Waals surface area contributed by atoms with Gasteiger partial charge in [0.15, 0.2) is 0 Å². The molecule has 21 heavy (non-hydrogen) atoms. The number of carbonyl (C=O) groups is 1. The molecule has 0 bridgehead atoms. The molecule has 0 aliphatic rings. The fourth-order valence-corrected chi connectivity index (χ4v) is 2.06. The minimum Gasteiger partial charge on any atom is -0.507 e. The number of benzene rings is 2. The van der Waals surface area contributed by atoms with Crippen LogP contribution in [0.15, 0.2) is 42.5 Å². The highest BCUT2D eigenvalue weighted by atomic mass is 16.3. The first kappa shape index (κ1) is 15.1. The smallest absolute Gasteiger partial charge is 0.259 e. The van der Waals surface area contributed by atoms with Crippen molar-refractivity contribution in [2.45, 2.75) is 19.9 Å². The standard InChI is InChI=1S/C17H20N2O2/c1-11-5-4-6-15(16(11)20)17(21)19-14-9-7-13(8-10-14)12(2)18-3/h4-10,12,18,20H,1-3H3,(H,19,21).